The van der Waals surface area contributed by atoms with Crippen molar-refractivity contribution in [2.75, 3.05) is 39.4 Å². The molecule has 0 amide bonds. The SMILES string of the molecule is CC(C)C[N-]CN1CCNCC1.[Re]. The predicted molar refractivity (Wildman–Crippen MR) is 52.4 cm³/mol. The van der Waals surface area contributed by atoms with E-state index >= 15 is 0 Å². The van der Waals surface area contributed by atoms with Crippen LogP contribution in [0.1, 0.15) is 13.8 Å². The van der Waals surface area contributed by atoms with Gasteiger partial charge in [0.15, 0.2) is 0 Å². The standard InChI is InChI=1S/C9H20N3.Re/c1-9(2)7-11-8-12-5-3-10-4-6-12;/h9-10H,3-8H2,1-2H3;/q-1;. The minimum absolute atomic E-state index is 0. The molecule has 1 aliphatic rings. The third-order valence-corrected chi connectivity index (χ3v) is 2.00. The summed E-state index contributed by atoms with van der Waals surface area (Å²) < 4.78 is 0. The average Bonchev–Trinajstić information content (AvgIpc) is 2.05. The van der Waals surface area contributed by atoms with Crippen LogP contribution in [0.15, 0.2) is 0 Å². The van der Waals surface area contributed by atoms with E-state index in [1.165, 1.54) is 0 Å². The van der Waals surface area contributed by atoms with Crippen LogP contribution in [-0.2, 0) is 20.4 Å². The van der Waals surface area contributed by atoms with Crippen LogP contribution in [0.4, 0.5) is 0 Å². The molecule has 1 rings (SSSR count). The minimum atomic E-state index is 0. The van der Waals surface area contributed by atoms with Gasteiger partial charge in [-0.25, -0.2) is 0 Å². The molecule has 13 heavy (non-hydrogen) atoms. The van der Waals surface area contributed by atoms with Crippen LogP contribution in [0.3, 0.4) is 0 Å². The molecule has 1 radical (unpaired) electrons. The van der Waals surface area contributed by atoms with E-state index in [1.807, 2.05) is 0 Å². The first-order chi connectivity index (χ1) is 5.79. The summed E-state index contributed by atoms with van der Waals surface area (Å²) in [5, 5.41) is 7.82. The molecule has 0 aromatic carbocycles. The largest absolute Gasteiger partial charge is 0.650 e. The van der Waals surface area contributed by atoms with Crippen molar-refractivity contribution in [1.82, 2.24) is 10.2 Å². The van der Waals surface area contributed by atoms with E-state index in [0.717, 1.165) is 39.4 Å². The maximum atomic E-state index is 4.49. The maximum absolute atomic E-state index is 4.49. The first-order valence-electron chi connectivity index (χ1n) is 4.85. The fraction of sp³-hybridized carbons (Fsp3) is 1.00. The summed E-state index contributed by atoms with van der Waals surface area (Å²) in [4.78, 5) is 2.40. The molecule has 0 aromatic heterocycles. The Hall–Kier alpha value is 0.542. The molecule has 1 aliphatic heterocycles. The third-order valence-electron chi connectivity index (χ3n) is 2.00. The van der Waals surface area contributed by atoms with Gasteiger partial charge in [-0.2, -0.15) is 0 Å². The Morgan fingerprint density at radius 2 is 1.92 bits per heavy atom. The summed E-state index contributed by atoms with van der Waals surface area (Å²) in [6.07, 6.45) is 0. The molecular formula is C9H20N3Re-. The number of hydrogen-bond donors (Lipinski definition) is 1. The van der Waals surface area contributed by atoms with Crippen LogP contribution >= 0.6 is 0 Å². The second-order valence-corrected chi connectivity index (χ2v) is 3.81. The van der Waals surface area contributed by atoms with Crippen LogP contribution < -0.4 is 5.32 Å². The van der Waals surface area contributed by atoms with Gasteiger partial charge in [-0.3, -0.25) is 0 Å². The van der Waals surface area contributed by atoms with E-state index < -0.39 is 0 Å². The van der Waals surface area contributed by atoms with Gasteiger partial charge in [0.2, 0.25) is 0 Å². The molecule has 0 unspecified atom stereocenters. The minimum Gasteiger partial charge on any atom is -0.650 e. The van der Waals surface area contributed by atoms with Gasteiger partial charge in [0, 0.05) is 46.6 Å². The van der Waals surface area contributed by atoms with Gasteiger partial charge in [0.25, 0.3) is 0 Å². The Morgan fingerprint density at radius 1 is 1.31 bits per heavy atom. The smallest absolute Gasteiger partial charge is 0.00882 e. The van der Waals surface area contributed by atoms with Crippen molar-refractivity contribution in [2.24, 2.45) is 5.92 Å². The topological polar surface area (TPSA) is 29.4 Å². The molecule has 0 aliphatic carbocycles. The molecule has 1 heterocycles. The van der Waals surface area contributed by atoms with E-state index in [-0.39, 0.29) is 20.4 Å². The van der Waals surface area contributed by atoms with Gasteiger partial charge in [-0.05, 0) is 0 Å². The molecule has 3 nitrogen and oxygen atoms in total. The predicted octanol–water partition coefficient (Wildman–Crippen LogP) is 0.876. The molecule has 1 saturated heterocycles. The second-order valence-electron chi connectivity index (χ2n) is 3.81. The van der Waals surface area contributed by atoms with Gasteiger partial charge in [-0.15, -0.1) is 6.54 Å². The summed E-state index contributed by atoms with van der Waals surface area (Å²) in [6, 6.07) is 0. The van der Waals surface area contributed by atoms with Crippen molar-refractivity contribution in [2.45, 2.75) is 13.8 Å². The van der Waals surface area contributed by atoms with E-state index in [9.17, 15) is 0 Å². The first kappa shape index (κ1) is 13.5. The number of piperazine rings is 1. The average molecular weight is 356 g/mol. The van der Waals surface area contributed by atoms with Crippen LogP contribution in [-0.4, -0.2) is 44.3 Å². The Morgan fingerprint density at radius 3 is 2.46 bits per heavy atom. The van der Waals surface area contributed by atoms with E-state index in [0.29, 0.717) is 5.92 Å². The van der Waals surface area contributed by atoms with Crippen LogP contribution in [0, 0.1) is 5.92 Å². The van der Waals surface area contributed by atoms with Gasteiger partial charge in [0.05, 0.1) is 0 Å². The Bertz CT molecular complexity index is 113. The zero-order chi connectivity index (χ0) is 8.81. The molecule has 0 aromatic rings. The molecule has 1 fully saturated rings. The molecule has 0 saturated carbocycles. The summed E-state index contributed by atoms with van der Waals surface area (Å²) in [5.74, 6) is 0.702. The number of hydrogen-bond acceptors (Lipinski definition) is 2. The van der Waals surface area contributed by atoms with Gasteiger partial charge in [-0.1, -0.05) is 26.4 Å². The van der Waals surface area contributed by atoms with Crippen molar-refractivity contribution < 1.29 is 20.4 Å². The number of rotatable bonds is 4. The van der Waals surface area contributed by atoms with Crippen molar-refractivity contribution in [3.63, 3.8) is 0 Å². The summed E-state index contributed by atoms with van der Waals surface area (Å²) in [7, 11) is 0. The van der Waals surface area contributed by atoms with Gasteiger partial charge >= 0.3 is 0 Å². The summed E-state index contributed by atoms with van der Waals surface area (Å²) in [5.41, 5.74) is 0. The monoisotopic (exact) mass is 357 g/mol. The molecule has 0 bridgehead atoms. The Labute approximate surface area is 95.3 Å². The maximum Gasteiger partial charge on any atom is 0.00882 e. The van der Waals surface area contributed by atoms with Gasteiger partial charge in [0.1, 0.15) is 0 Å². The summed E-state index contributed by atoms with van der Waals surface area (Å²) in [6.45, 7) is 10.9. The van der Waals surface area contributed by atoms with E-state index in [2.05, 4.69) is 29.4 Å². The molecular weight excluding hydrogens is 336 g/mol. The summed E-state index contributed by atoms with van der Waals surface area (Å²) >= 11 is 0. The normalized spacial score (nSPS) is 18.7. The van der Waals surface area contributed by atoms with Crippen molar-refractivity contribution in [1.29, 1.82) is 0 Å². The molecule has 1 N–H and O–H groups in total. The fourth-order valence-corrected chi connectivity index (χ4v) is 1.31. The van der Waals surface area contributed by atoms with Gasteiger partial charge < -0.3 is 15.5 Å². The van der Waals surface area contributed by atoms with Crippen LogP contribution in [0.2, 0.25) is 0 Å². The van der Waals surface area contributed by atoms with Crippen LogP contribution in [0.25, 0.3) is 5.32 Å². The molecule has 79 valence electrons. The number of nitrogens with one attached hydrogen (secondary N) is 1. The van der Waals surface area contributed by atoms with Crippen LogP contribution in [0.5, 0.6) is 0 Å². The molecule has 0 atom stereocenters. The molecule has 0 spiro atoms. The first-order valence-corrected chi connectivity index (χ1v) is 4.85. The Balaban J connectivity index is 0.00000144. The van der Waals surface area contributed by atoms with E-state index in [1.54, 1.807) is 0 Å². The van der Waals surface area contributed by atoms with Crippen molar-refractivity contribution >= 4 is 0 Å². The van der Waals surface area contributed by atoms with Crippen molar-refractivity contribution in [3.05, 3.63) is 5.32 Å². The number of nitrogens with zero attached hydrogens (tertiary/aromatic N) is 2. The quantitative estimate of drug-likeness (QED) is 0.810. The fourth-order valence-electron chi connectivity index (χ4n) is 1.31. The second kappa shape index (κ2) is 7.90. The Kier molecular flexibility index (Phi) is 8.23. The third kappa shape index (κ3) is 6.59. The molecule has 4 heteroatoms. The zero-order valence-corrected chi connectivity index (χ0v) is 11.3. The van der Waals surface area contributed by atoms with E-state index in [4.69, 9.17) is 0 Å². The zero-order valence-electron chi connectivity index (χ0n) is 8.59. The van der Waals surface area contributed by atoms with Crippen molar-refractivity contribution in [3.8, 4) is 0 Å².